The van der Waals surface area contributed by atoms with Crippen LogP contribution in [0.15, 0.2) is 23.9 Å². The van der Waals surface area contributed by atoms with Gasteiger partial charge in [-0.3, -0.25) is 5.32 Å². The highest BCUT2D eigenvalue weighted by molar-refractivity contribution is 5.23. The molecule has 0 aromatic rings. The summed E-state index contributed by atoms with van der Waals surface area (Å²) < 4.78 is 0. The monoisotopic (exact) mass is 188 g/mol. The van der Waals surface area contributed by atoms with Crippen molar-refractivity contribution in [3.05, 3.63) is 23.9 Å². The van der Waals surface area contributed by atoms with E-state index in [1.165, 1.54) is 44.2 Å². The zero-order chi connectivity index (χ0) is 9.38. The van der Waals surface area contributed by atoms with E-state index >= 15 is 0 Å². The van der Waals surface area contributed by atoms with Crippen LogP contribution in [0.25, 0.3) is 0 Å². The number of hydrogen-bond acceptors (Lipinski definition) is 0. The Bertz CT molecular complexity index is 269. The lowest BCUT2D eigenvalue weighted by atomic mass is 9.77. The Morgan fingerprint density at radius 1 is 1.07 bits per heavy atom. The lowest BCUT2D eigenvalue weighted by Gasteiger charge is -2.36. The first-order valence-electron chi connectivity index (χ1n) is 6.03. The molecular weight excluding hydrogens is 170 g/mol. The fourth-order valence-corrected chi connectivity index (χ4v) is 2.52. The van der Waals surface area contributed by atoms with Crippen molar-refractivity contribution in [1.82, 2.24) is 5.32 Å². The molecule has 14 heavy (non-hydrogen) atoms. The summed E-state index contributed by atoms with van der Waals surface area (Å²) in [6.45, 7) is 0. The number of hydrogen-bond donors (Lipinski definition) is 0. The third-order valence-corrected chi connectivity index (χ3v) is 4.03. The smallest absolute Gasteiger partial charge is 0.0714 e. The van der Waals surface area contributed by atoms with Crippen molar-refractivity contribution in [2.24, 2.45) is 11.8 Å². The largest absolute Gasteiger partial charge is 0.282 e. The maximum Gasteiger partial charge on any atom is 0.0714 e. The molecule has 1 aliphatic heterocycles. The number of rotatable bonds is 2. The van der Waals surface area contributed by atoms with E-state index in [0.717, 1.165) is 11.8 Å². The zero-order valence-corrected chi connectivity index (χ0v) is 8.65. The van der Waals surface area contributed by atoms with E-state index in [1.54, 1.807) is 0 Å². The molecule has 1 heterocycles. The minimum Gasteiger partial charge on any atom is -0.282 e. The summed E-state index contributed by atoms with van der Waals surface area (Å²) in [5, 5.41) is 4.90. The summed E-state index contributed by atoms with van der Waals surface area (Å²) in [6, 6.07) is 0.532. The minimum atomic E-state index is 0.532. The molecule has 1 heteroatoms. The molecule has 1 atom stereocenters. The van der Waals surface area contributed by atoms with Crippen molar-refractivity contribution < 1.29 is 0 Å². The van der Waals surface area contributed by atoms with Crippen LogP contribution in [0.1, 0.15) is 38.5 Å². The molecule has 2 fully saturated rings. The predicted octanol–water partition coefficient (Wildman–Crippen LogP) is 3.01. The average Bonchev–Trinajstić information content (AvgIpc) is 1.98. The lowest BCUT2D eigenvalue weighted by Crippen LogP contribution is -2.36. The highest BCUT2D eigenvalue weighted by Crippen LogP contribution is 2.37. The summed E-state index contributed by atoms with van der Waals surface area (Å²) in [5.74, 6) is 1.68. The van der Waals surface area contributed by atoms with E-state index < -0.39 is 0 Å². The van der Waals surface area contributed by atoms with Gasteiger partial charge in [0.15, 0.2) is 0 Å². The van der Waals surface area contributed by atoms with Gasteiger partial charge in [0.1, 0.15) is 0 Å². The van der Waals surface area contributed by atoms with E-state index in [1.807, 2.05) is 0 Å². The summed E-state index contributed by atoms with van der Waals surface area (Å²) in [4.78, 5) is 0. The second-order valence-electron chi connectivity index (χ2n) is 4.91. The van der Waals surface area contributed by atoms with E-state index in [4.69, 9.17) is 5.32 Å². The van der Waals surface area contributed by atoms with Gasteiger partial charge in [-0.2, -0.15) is 0 Å². The van der Waals surface area contributed by atoms with Gasteiger partial charge in [-0.1, -0.05) is 25.0 Å². The predicted molar refractivity (Wildman–Crippen MR) is 57.8 cm³/mol. The lowest BCUT2D eigenvalue weighted by molar-refractivity contribution is 0.248. The summed E-state index contributed by atoms with van der Waals surface area (Å²) >= 11 is 0. The molecule has 0 N–H and O–H groups in total. The quantitative estimate of drug-likeness (QED) is 0.632. The zero-order valence-electron chi connectivity index (χ0n) is 8.65. The van der Waals surface area contributed by atoms with E-state index in [-0.39, 0.29) is 0 Å². The minimum absolute atomic E-state index is 0.532. The van der Waals surface area contributed by atoms with E-state index in [2.05, 4.69) is 18.2 Å². The molecule has 0 bridgehead atoms. The molecule has 2 saturated carbocycles. The Balaban J connectivity index is 1.64. The highest BCUT2D eigenvalue weighted by Gasteiger charge is 2.31. The van der Waals surface area contributed by atoms with Crippen LogP contribution in [0.4, 0.5) is 0 Å². The summed E-state index contributed by atoms with van der Waals surface area (Å²) in [7, 11) is 0. The Hall–Kier alpha value is -0.720. The first-order valence-corrected chi connectivity index (χ1v) is 6.03. The molecule has 0 amide bonds. The van der Waals surface area contributed by atoms with Crippen molar-refractivity contribution in [3.8, 4) is 0 Å². The fraction of sp³-hybridized carbons (Fsp3) is 0.692. The van der Waals surface area contributed by atoms with E-state index in [9.17, 15) is 0 Å². The molecule has 2 aliphatic carbocycles. The number of allylic oxidation sites excluding steroid dienone is 3. The first kappa shape index (κ1) is 8.58. The Morgan fingerprint density at radius 2 is 1.86 bits per heavy atom. The van der Waals surface area contributed by atoms with Crippen LogP contribution in [0, 0.1) is 11.8 Å². The van der Waals surface area contributed by atoms with Crippen LogP contribution >= 0.6 is 0 Å². The van der Waals surface area contributed by atoms with Gasteiger partial charge in [0, 0.05) is 11.6 Å². The van der Waals surface area contributed by atoms with Crippen molar-refractivity contribution in [1.29, 1.82) is 0 Å². The highest BCUT2D eigenvalue weighted by atomic mass is 14.9. The topological polar surface area (TPSA) is 14.1 Å². The summed E-state index contributed by atoms with van der Waals surface area (Å²) in [5.41, 5.74) is 1.40. The van der Waals surface area contributed by atoms with Gasteiger partial charge in [0.2, 0.25) is 0 Å². The molecule has 1 nitrogen and oxygen atoms in total. The van der Waals surface area contributed by atoms with Crippen molar-refractivity contribution in [3.63, 3.8) is 0 Å². The first-order chi connectivity index (χ1) is 6.93. The van der Waals surface area contributed by atoms with Gasteiger partial charge in [-0.05, 0) is 37.7 Å². The van der Waals surface area contributed by atoms with Gasteiger partial charge >= 0.3 is 0 Å². The molecule has 75 valence electrons. The number of nitrogens with zero attached hydrogens (tertiary/aromatic N) is 1. The van der Waals surface area contributed by atoms with Gasteiger partial charge < -0.3 is 0 Å². The van der Waals surface area contributed by atoms with Gasteiger partial charge in [0.25, 0.3) is 0 Å². The van der Waals surface area contributed by atoms with Gasteiger partial charge in [-0.25, -0.2) is 0 Å². The molecule has 3 aliphatic rings. The van der Waals surface area contributed by atoms with Crippen molar-refractivity contribution in [2.45, 2.75) is 44.6 Å². The van der Waals surface area contributed by atoms with Crippen LogP contribution in [0.3, 0.4) is 0 Å². The maximum atomic E-state index is 4.90. The Labute approximate surface area is 86.3 Å². The van der Waals surface area contributed by atoms with Gasteiger partial charge in [0.05, 0.1) is 6.04 Å². The normalized spacial score (nSPS) is 32.9. The Morgan fingerprint density at radius 3 is 2.43 bits per heavy atom. The molecule has 0 saturated heterocycles. The maximum absolute atomic E-state index is 4.90. The van der Waals surface area contributed by atoms with Crippen LogP contribution in [0.2, 0.25) is 0 Å². The van der Waals surface area contributed by atoms with Crippen LogP contribution in [-0.4, -0.2) is 6.04 Å². The van der Waals surface area contributed by atoms with Crippen LogP contribution < -0.4 is 5.32 Å². The van der Waals surface area contributed by atoms with Crippen LogP contribution in [0.5, 0.6) is 0 Å². The second-order valence-corrected chi connectivity index (χ2v) is 4.91. The van der Waals surface area contributed by atoms with Crippen molar-refractivity contribution >= 4 is 0 Å². The molecular formula is C13H18N. The third kappa shape index (κ3) is 1.39. The molecule has 1 radical (unpaired) electrons. The second kappa shape index (κ2) is 3.45. The SMILES string of the molecule is C1=CC(C2CCC2)[N]C(C2CCC2)=C1. The fourth-order valence-electron chi connectivity index (χ4n) is 2.52. The van der Waals surface area contributed by atoms with E-state index in [0.29, 0.717) is 6.04 Å². The van der Waals surface area contributed by atoms with Gasteiger partial charge in [-0.15, -0.1) is 0 Å². The van der Waals surface area contributed by atoms with Crippen LogP contribution in [-0.2, 0) is 0 Å². The molecule has 1 unspecified atom stereocenters. The standard InChI is InChI=1S/C13H18N/c1-4-10(5-1)12-8-3-9-13(14-12)11-6-2-7-11/h3,8-12H,1-2,4-7H2. The molecule has 3 rings (SSSR count). The molecule has 0 spiro atoms. The molecule has 0 aromatic heterocycles. The average molecular weight is 188 g/mol. The Kier molecular flexibility index (Phi) is 2.11. The third-order valence-electron chi connectivity index (χ3n) is 4.03. The van der Waals surface area contributed by atoms with Crippen molar-refractivity contribution in [2.75, 3.05) is 0 Å². The summed E-state index contributed by atoms with van der Waals surface area (Å²) in [6.07, 6.45) is 15.2. The molecule has 0 aromatic carbocycles.